The number of aromatic amines is 2. The summed E-state index contributed by atoms with van der Waals surface area (Å²) in [4.78, 5) is 16.5. The van der Waals surface area contributed by atoms with Crippen molar-refractivity contribution in [2.24, 2.45) is 0 Å². The maximum absolute atomic E-state index is 12.8. The van der Waals surface area contributed by atoms with E-state index in [0.717, 1.165) is 5.56 Å². The molecule has 2 aromatic carbocycles. The molecule has 8 heteroatoms. The van der Waals surface area contributed by atoms with Crippen molar-refractivity contribution < 1.29 is 12.8 Å². The predicted molar refractivity (Wildman–Crippen MR) is 89.6 cm³/mol. The second-order valence-corrected chi connectivity index (χ2v) is 7.30. The highest BCUT2D eigenvalue weighted by Crippen LogP contribution is 2.11. The minimum absolute atomic E-state index is 0.197. The van der Waals surface area contributed by atoms with Crippen molar-refractivity contribution in [3.63, 3.8) is 0 Å². The summed E-state index contributed by atoms with van der Waals surface area (Å²) >= 11 is 0. The molecular weight excluding hydrogens is 333 g/mol. The van der Waals surface area contributed by atoms with E-state index in [1.807, 2.05) is 12.1 Å². The average molecular weight is 349 g/mol. The maximum Gasteiger partial charge on any atom is 0.323 e. The van der Waals surface area contributed by atoms with Crippen molar-refractivity contribution in [1.29, 1.82) is 0 Å². The lowest BCUT2D eigenvalue weighted by atomic mass is 10.1. The van der Waals surface area contributed by atoms with Gasteiger partial charge < -0.3 is 9.97 Å². The largest absolute Gasteiger partial charge is 0.323 e. The van der Waals surface area contributed by atoms with Crippen molar-refractivity contribution in [3.8, 4) is 0 Å². The maximum atomic E-state index is 12.8. The fourth-order valence-electron chi connectivity index (χ4n) is 2.44. The van der Waals surface area contributed by atoms with E-state index in [9.17, 15) is 17.6 Å². The second-order valence-electron chi connectivity index (χ2n) is 5.49. The molecular formula is C16H16FN3O3S. The van der Waals surface area contributed by atoms with Crippen molar-refractivity contribution in [3.05, 3.63) is 69.9 Å². The SMILES string of the molecule is O=c1[nH]c2ccc(CCNS(=O)(=O)Cc3ccc(F)cc3)cc2[nH]1. The summed E-state index contributed by atoms with van der Waals surface area (Å²) in [7, 11) is -3.49. The molecule has 3 rings (SSSR count). The fourth-order valence-corrected chi connectivity index (χ4v) is 3.58. The number of hydrogen-bond acceptors (Lipinski definition) is 3. The third-order valence-electron chi connectivity index (χ3n) is 3.59. The van der Waals surface area contributed by atoms with Crippen molar-refractivity contribution in [1.82, 2.24) is 14.7 Å². The number of benzene rings is 2. The summed E-state index contributed by atoms with van der Waals surface area (Å²) in [5.74, 6) is -0.598. The second kappa shape index (κ2) is 6.58. The molecule has 0 saturated heterocycles. The zero-order chi connectivity index (χ0) is 17.2. The summed E-state index contributed by atoms with van der Waals surface area (Å²) in [5, 5.41) is 0. The van der Waals surface area contributed by atoms with Crippen LogP contribution in [0.25, 0.3) is 11.0 Å². The van der Waals surface area contributed by atoms with Crippen molar-refractivity contribution in [2.75, 3.05) is 6.54 Å². The minimum Gasteiger partial charge on any atom is -0.306 e. The van der Waals surface area contributed by atoms with E-state index >= 15 is 0 Å². The lowest BCUT2D eigenvalue weighted by Crippen LogP contribution is -2.27. The van der Waals surface area contributed by atoms with Gasteiger partial charge in [-0.25, -0.2) is 22.3 Å². The first kappa shape index (κ1) is 16.4. The first-order valence-electron chi connectivity index (χ1n) is 7.34. The third kappa shape index (κ3) is 4.09. The average Bonchev–Trinajstić information content (AvgIpc) is 2.88. The molecule has 0 radical (unpaired) electrons. The number of H-pyrrole nitrogens is 2. The molecule has 6 nitrogen and oxygen atoms in total. The Morgan fingerprint density at radius 2 is 1.62 bits per heavy atom. The number of sulfonamides is 1. The van der Waals surface area contributed by atoms with Crippen molar-refractivity contribution in [2.45, 2.75) is 12.2 Å². The van der Waals surface area contributed by atoms with Crippen LogP contribution in [-0.4, -0.2) is 24.9 Å². The van der Waals surface area contributed by atoms with Gasteiger partial charge in [0.25, 0.3) is 0 Å². The Hall–Kier alpha value is -2.45. The smallest absolute Gasteiger partial charge is 0.306 e. The molecule has 0 aliphatic carbocycles. The number of halogens is 1. The molecule has 0 atom stereocenters. The van der Waals surface area contributed by atoms with Crippen LogP contribution < -0.4 is 10.4 Å². The van der Waals surface area contributed by atoms with E-state index in [1.165, 1.54) is 24.3 Å². The van der Waals surface area contributed by atoms with Crippen LogP contribution >= 0.6 is 0 Å². The Morgan fingerprint density at radius 3 is 2.38 bits per heavy atom. The number of fused-ring (bicyclic) bond motifs is 1. The molecule has 24 heavy (non-hydrogen) atoms. The standard InChI is InChI=1S/C16H16FN3O3S/c17-13-4-1-12(2-5-13)10-24(22,23)18-8-7-11-3-6-14-15(9-11)20-16(21)19-14/h1-6,9,18H,7-8,10H2,(H2,19,20,21). The molecule has 0 bridgehead atoms. The van der Waals surface area contributed by atoms with Gasteiger partial charge in [0, 0.05) is 6.54 Å². The van der Waals surface area contributed by atoms with Gasteiger partial charge in [0.2, 0.25) is 10.0 Å². The molecule has 0 unspecified atom stereocenters. The summed E-state index contributed by atoms with van der Waals surface area (Å²) < 4.78 is 39.4. The molecule has 1 heterocycles. The summed E-state index contributed by atoms with van der Waals surface area (Å²) in [6.07, 6.45) is 0.492. The van der Waals surface area contributed by atoms with Gasteiger partial charge in [-0.05, 0) is 41.8 Å². The molecule has 0 amide bonds. The topological polar surface area (TPSA) is 94.8 Å². The van der Waals surface area contributed by atoms with Crippen LogP contribution in [0.2, 0.25) is 0 Å². The first-order valence-corrected chi connectivity index (χ1v) is 8.99. The van der Waals surface area contributed by atoms with E-state index in [4.69, 9.17) is 0 Å². The quantitative estimate of drug-likeness (QED) is 0.632. The van der Waals surface area contributed by atoms with Crippen LogP contribution in [0.1, 0.15) is 11.1 Å². The number of imidazole rings is 1. The number of hydrogen-bond donors (Lipinski definition) is 3. The van der Waals surface area contributed by atoms with E-state index in [0.29, 0.717) is 23.0 Å². The van der Waals surface area contributed by atoms with Gasteiger partial charge in [-0.3, -0.25) is 0 Å². The van der Waals surface area contributed by atoms with E-state index in [-0.39, 0.29) is 18.0 Å². The monoisotopic (exact) mass is 349 g/mol. The van der Waals surface area contributed by atoms with Crippen LogP contribution in [0.3, 0.4) is 0 Å². The molecule has 0 saturated carbocycles. The Morgan fingerprint density at radius 1 is 0.958 bits per heavy atom. The first-order chi connectivity index (χ1) is 11.4. The van der Waals surface area contributed by atoms with Gasteiger partial charge in [-0.15, -0.1) is 0 Å². The van der Waals surface area contributed by atoms with Gasteiger partial charge in [-0.2, -0.15) is 0 Å². The zero-order valence-corrected chi connectivity index (χ0v) is 13.5. The van der Waals surface area contributed by atoms with Gasteiger partial charge >= 0.3 is 5.69 Å². The molecule has 1 aromatic heterocycles. The Balaban J connectivity index is 1.59. The van der Waals surface area contributed by atoms with E-state index in [1.54, 1.807) is 6.07 Å². The van der Waals surface area contributed by atoms with Crippen molar-refractivity contribution >= 4 is 21.1 Å². The fraction of sp³-hybridized carbons (Fsp3) is 0.188. The summed E-state index contributed by atoms with van der Waals surface area (Å²) in [5.41, 5.74) is 2.55. The highest BCUT2D eigenvalue weighted by atomic mass is 32.2. The Kier molecular flexibility index (Phi) is 4.50. The van der Waals surface area contributed by atoms with Gasteiger partial charge in [0.1, 0.15) is 5.82 Å². The van der Waals surface area contributed by atoms with E-state index < -0.39 is 15.8 Å². The third-order valence-corrected chi connectivity index (χ3v) is 4.94. The van der Waals surface area contributed by atoms with Gasteiger partial charge in [0.05, 0.1) is 16.8 Å². The lowest BCUT2D eigenvalue weighted by Gasteiger charge is -2.07. The highest BCUT2D eigenvalue weighted by Gasteiger charge is 2.11. The van der Waals surface area contributed by atoms with Gasteiger partial charge in [0.15, 0.2) is 0 Å². The molecule has 0 aliphatic rings. The van der Waals surface area contributed by atoms with Crippen LogP contribution in [0.5, 0.6) is 0 Å². The molecule has 0 spiro atoms. The van der Waals surface area contributed by atoms with Crippen LogP contribution in [0.15, 0.2) is 47.3 Å². The van der Waals surface area contributed by atoms with Crippen LogP contribution in [0, 0.1) is 5.82 Å². The Labute approximate surface area is 137 Å². The zero-order valence-electron chi connectivity index (χ0n) is 12.7. The minimum atomic E-state index is -3.49. The molecule has 0 aliphatic heterocycles. The summed E-state index contributed by atoms with van der Waals surface area (Å²) in [6, 6.07) is 10.8. The number of nitrogens with one attached hydrogen (secondary N) is 3. The molecule has 3 N–H and O–H groups in total. The Bertz CT molecular complexity index is 1010. The van der Waals surface area contributed by atoms with Crippen LogP contribution in [-0.2, 0) is 22.2 Å². The summed E-state index contributed by atoms with van der Waals surface area (Å²) in [6.45, 7) is 0.240. The number of rotatable bonds is 6. The normalized spacial score (nSPS) is 11.9. The predicted octanol–water partition coefficient (Wildman–Crippen LogP) is 1.66. The highest BCUT2D eigenvalue weighted by molar-refractivity contribution is 7.88. The van der Waals surface area contributed by atoms with E-state index in [2.05, 4.69) is 14.7 Å². The molecule has 3 aromatic rings. The van der Waals surface area contributed by atoms with Gasteiger partial charge in [-0.1, -0.05) is 18.2 Å². The van der Waals surface area contributed by atoms with Crippen LogP contribution in [0.4, 0.5) is 4.39 Å². The number of aromatic nitrogens is 2. The molecule has 0 fully saturated rings. The molecule has 126 valence electrons. The lowest BCUT2D eigenvalue weighted by molar-refractivity contribution is 0.580.